The molecule has 0 atom stereocenters. The molecule has 18 heavy (non-hydrogen) atoms. The average molecular weight is 270 g/mol. The fourth-order valence-electron chi connectivity index (χ4n) is 1.35. The molecule has 0 fully saturated rings. The fourth-order valence-corrected chi connectivity index (χ4v) is 1.44. The Kier molecular flexibility index (Phi) is 6.79. The number of pyridine rings is 1. The van der Waals surface area contributed by atoms with E-state index in [2.05, 4.69) is 15.6 Å². The Balaban J connectivity index is 2.09. The van der Waals surface area contributed by atoms with E-state index in [9.17, 15) is 9.59 Å². The van der Waals surface area contributed by atoms with E-state index in [1.165, 1.54) is 0 Å². The van der Waals surface area contributed by atoms with E-state index in [1.54, 1.807) is 12.4 Å². The van der Waals surface area contributed by atoms with Gasteiger partial charge in [-0.15, -0.1) is 11.6 Å². The molecule has 2 N–H and O–H groups in total. The molecule has 1 heterocycles. The van der Waals surface area contributed by atoms with Crippen LogP contribution in [0.25, 0.3) is 0 Å². The first kappa shape index (κ1) is 14.4. The van der Waals surface area contributed by atoms with Gasteiger partial charge in [0.05, 0.1) is 0 Å². The molecule has 0 aliphatic rings. The fraction of sp³-hybridized carbons (Fsp3) is 0.417. The first-order valence-electron chi connectivity index (χ1n) is 5.70. The summed E-state index contributed by atoms with van der Waals surface area (Å²) in [5.74, 6) is -0.427. The second kappa shape index (κ2) is 8.47. The number of hydrogen-bond acceptors (Lipinski definition) is 3. The van der Waals surface area contributed by atoms with Crippen molar-refractivity contribution in [2.75, 3.05) is 19.0 Å². The summed E-state index contributed by atoms with van der Waals surface area (Å²) in [6, 6.07) is 3.82. The second-order valence-corrected chi connectivity index (χ2v) is 3.96. The number of rotatable bonds is 7. The predicted octanol–water partition coefficient (Wildman–Crippen LogP) is 0.485. The minimum absolute atomic E-state index is 0.0797. The standard InChI is InChI=1S/C12H16ClN3O2/c13-9-12(18)16-8-4-11(17)15-7-3-10-1-5-14-6-2-10/h1-2,5-6H,3-4,7-9H2,(H,15,17)(H,16,18). The average Bonchev–Trinajstić information content (AvgIpc) is 2.39. The lowest BCUT2D eigenvalue weighted by Crippen LogP contribution is -2.32. The Morgan fingerprint density at radius 2 is 1.78 bits per heavy atom. The summed E-state index contributed by atoms with van der Waals surface area (Å²) in [4.78, 5) is 26.1. The Labute approximate surface area is 111 Å². The Hall–Kier alpha value is -1.62. The van der Waals surface area contributed by atoms with E-state index in [0.29, 0.717) is 13.1 Å². The first-order chi connectivity index (χ1) is 8.72. The minimum atomic E-state index is -0.263. The Bertz CT molecular complexity index is 384. The highest BCUT2D eigenvalue weighted by Crippen LogP contribution is 1.95. The van der Waals surface area contributed by atoms with Gasteiger partial charge in [0.25, 0.3) is 0 Å². The van der Waals surface area contributed by atoms with Gasteiger partial charge in [-0.1, -0.05) is 0 Å². The summed E-state index contributed by atoms with van der Waals surface area (Å²) in [7, 11) is 0. The number of aromatic nitrogens is 1. The van der Waals surface area contributed by atoms with Crippen LogP contribution in [0.2, 0.25) is 0 Å². The van der Waals surface area contributed by atoms with E-state index >= 15 is 0 Å². The number of nitrogens with zero attached hydrogens (tertiary/aromatic N) is 1. The van der Waals surface area contributed by atoms with Crippen LogP contribution in [0.3, 0.4) is 0 Å². The highest BCUT2D eigenvalue weighted by Gasteiger charge is 2.02. The Morgan fingerprint density at radius 3 is 2.44 bits per heavy atom. The number of halogens is 1. The van der Waals surface area contributed by atoms with Crippen molar-refractivity contribution in [1.29, 1.82) is 0 Å². The molecular weight excluding hydrogens is 254 g/mol. The molecule has 0 aromatic carbocycles. The summed E-state index contributed by atoms with van der Waals surface area (Å²) in [6.07, 6.45) is 4.47. The lowest BCUT2D eigenvalue weighted by molar-refractivity contribution is -0.121. The molecule has 0 radical (unpaired) electrons. The van der Waals surface area contributed by atoms with Crippen LogP contribution in [-0.4, -0.2) is 35.8 Å². The van der Waals surface area contributed by atoms with Crippen LogP contribution >= 0.6 is 11.6 Å². The largest absolute Gasteiger partial charge is 0.356 e. The summed E-state index contributed by atoms with van der Waals surface area (Å²) in [5, 5.41) is 5.31. The molecule has 0 spiro atoms. The maximum Gasteiger partial charge on any atom is 0.234 e. The van der Waals surface area contributed by atoms with Crippen molar-refractivity contribution < 1.29 is 9.59 Å². The molecule has 1 aromatic rings. The van der Waals surface area contributed by atoms with E-state index in [0.717, 1.165) is 12.0 Å². The van der Waals surface area contributed by atoms with Crippen LogP contribution in [0.1, 0.15) is 12.0 Å². The van der Waals surface area contributed by atoms with Gasteiger partial charge in [0.15, 0.2) is 0 Å². The lowest BCUT2D eigenvalue weighted by atomic mass is 10.2. The van der Waals surface area contributed by atoms with Crippen molar-refractivity contribution in [3.05, 3.63) is 30.1 Å². The maximum atomic E-state index is 11.4. The zero-order valence-corrected chi connectivity index (χ0v) is 10.7. The molecule has 1 rings (SSSR count). The van der Waals surface area contributed by atoms with Gasteiger partial charge in [-0.05, 0) is 24.1 Å². The summed E-state index contributed by atoms with van der Waals surface area (Å²) in [5.41, 5.74) is 1.13. The number of carbonyl (C=O) groups is 2. The summed E-state index contributed by atoms with van der Waals surface area (Å²) < 4.78 is 0. The molecule has 0 bridgehead atoms. The normalized spacial score (nSPS) is 9.83. The van der Waals surface area contributed by atoms with Gasteiger partial charge < -0.3 is 10.6 Å². The molecule has 1 aromatic heterocycles. The van der Waals surface area contributed by atoms with Crippen LogP contribution in [-0.2, 0) is 16.0 Å². The lowest BCUT2D eigenvalue weighted by Gasteiger charge is -2.05. The molecule has 0 saturated carbocycles. The van der Waals surface area contributed by atoms with Gasteiger partial charge in [-0.2, -0.15) is 0 Å². The third-order valence-corrected chi connectivity index (χ3v) is 2.52. The third kappa shape index (κ3) is 6.20. The van der Waals surface area contributed by atoms with Gasteiger partial charge in [-0.25, -0.2) is 0 Å². The molecule has 0 aliphatic heterocycles. The van der Waals surface area contributed by atoms with Crippen molar-refractivity contribution in [2.24, 2.45) is 0 Å². The molecule has 0 unspecified atom stereocenters. The van der Waals surface area contributed by atoms with Gasteiger partial charge in [0.1, 0.15) is 5.88 Å². The highest BCUT2D eigenvalue weighted by molar-refractivity contribution is 6.27. The maximum absolute atomic E-state index is 11.4. The SMILES string of the molecule is O=C(CCl)NCCC(=O)NCCc1ccncc1. The van der Waals surface area contributed by atoms with Crippen LogP contribution in [0.5, 0.6) is 0 Å². The van der Waals surface area contributed by atoms with Gasteiger partial charge in [0, 0.05) is 31.9 Å². The quantitative estimate of drug-likeness (QED) is 0.708. The Morgan fingerprint density at radius 1 is 1.11 bits per heavy atom. The molecular formula is C12H16ClN3O2. The van der Waals surface area contributed by atoms with Crippen molar-refractivity contribution in [3.63, 3.8) is 0 Å². The van der Waals surface area contributed by atoms with Crippen molar-refractivity contribution in [3.8, 4) is 0 Å². The molecule has 0 saturated heterocycles. The van der Waals surface area contributed by atoms with E-state index in [1.807, 2.05) is 12.1 Å². The van der Waals surface area contributed by atoms with Gasteiger partial charge in [0.2, 0.25) is 11.8 Å². The predicted molar refractivity (Wildman–Crippen MR) is 69.3 cm³/mol. The van der Waals surface area contributed by atoms with Crippen molar-refractivity contribution in [1.82, 2.24) is 15.6 Å². The topological polar surface area (TPSA) is 71.1 Å². The van der Waals surface area contributed by atoms with Crippen LogP contribution in [0.15, 0.2) is 24.5 Å². The minimum Gasteiger partial charge on any atom is -0.356 e. The zero-order valence-electron chi connectivity index (χ0n) is 9.99. The molecule has 5 nitrogen and oxygen atoms in total. The molecule has 6 heteroatoms. The van der Waals surface area contributed by atoms with Crippen LogP contribution in [0.4, 0.5) is 0 Å². The van der Waals surface area contributed by atoms with E-state index in [-0.39, 0.29) is 24.1 Å². The highest BCUT2D eigenvalue weighted by atomic mass is 35.5. The zero-order chi connectivity index (χ0) is 13.2. The smallest absolute Gasteiger partial charge is 0.234 e. The van der Waals surface area contributed by atoms with Gasteiger partial charge in [-0.3, -0.25) is 14.6 Å². The van der Waals surface area contributed by atoms with Crippen molar-refractivity contribution in [2.45, 2.75) is 12.8 Å². The van der Waals surface area contributed by atoms with E-state index in [4.69, 9.17) is 11.6 Å². The summed E-state index contributed by atoms with van der Waals surface area (Å²) >= 11 is 5.30. The van der Waals surface area contributed by atoms with Crippen molar-refractivity contribution >= 4 is 23.4 Å². The number of alkyl halides is 1. The molecule has 0 aliphatic carbocycles. The van der Waals surface area contributed by atoms with Crippen LogP contribution < -0.4 is 10.6 Å². The number of hydrogen-bond donors (Lipinski definition) is 2. The monoisotopic (exact) mass is 269 g/mol. The van der Waals surface area contributed by atoms with Gasteiger partial charge >= 0.3 is 0 Å². The second-order valence-electron chi connectivity index (χ2n) is 3.69. The summed E-state index contributed by atoms with van der Waals surface area (Å²) in [6.45, 7) is 0.888. The first-order valence-corrected chi connectivity index (χ1v) is 6.24. The van der Waals surface area contributed by atoms with Crippen LogP contribution in [0, 0.1) is 0 Å². The number of amides is 2. The van der Waals surface area contributed by atoms with E-state index < -0.39 is 0 Å². The number of carbonyl (C=O) groups excluding carboxylic acids is 2. The molecule has 2 amide bonds. The molecule has 98 valence electrons. The third-order valence-electron chi connectivity index (χ3n) is 2.28. The number of nitrogens with one attached hydrogen (secondary N) is 2.